The number of carbonyl (C=O) groups excluding carboxylic acids is 1. The van der Waals surface area contributed by atoms with E-state index in [-0.39, 0.29) is 11.8 Å². The van der Waals surface area contributed by atoms with Crippen molar-refractivity contribution in [2.24, 2.45) is 0 Å². The minimum Gasteiger partial charge on any atom is -0.355 e. The number of carbonyl (C=O) groups is 1. The lowest BCUT2D eigenvalue weighted by Gasteiger charge is -2.32. The molecular weight excluding hydrogens is 344 g/mol. The van der Waals surface area contributed by atoms with Crippen LogP contribution in [-0.4, -0.2) is 71.8 Å². The first-order chi connectivity index (χ1) is 11.9. The molecule has 2 aromatic rings. The van der Waals surface area contributed by atoms with E-state index in [2.05, 4.69) is 15.4 Å². The summed E-state index contributed by atoms with van der Waals surface area (Å²) in [5, 5.41) is 6.89. The molecule has 1 amide bonds. The molecule has 0 aliphatic carbocycles. The highest BCUT2D eigenvalue weighted by Crippen LogP contribution is 2.29. The smallest absolute Gasteiger partial charge is 0.281 e. The lowest BCUT2D eigenvalue weighted by atomic mass is 9.94. The number of fused-ring (bicyclic) bond motifs is 1. The summed E-state index contributed by atoms with van der Waals surface area (Å²) < 4.78 is 28.9. The van der Waals surface area contributed by atoms with Gasteiger partial charge in [-0.25, -0.2) is 9.50 Å². The average Bonchev–Trinajstić information content (AvgIpc) is 3.05. The molecule has 3 rings (SSSR count). The zero-order chi connectivity index (χ0) is 18.2. The highest BCUT2D eigenvalue weighted by molar-refractivity contribution is 7.86. The van der Waals surface area contributed by atoms with Crippen LogP contribution in [0.15, 0.2) is 18.5 Å². The molecule has 9 nitrogen and oxygen atoms in total. The fourth-order valence-corrected chi connectivity index (χ4v) is 4.26. The third kappa shape index (κ3) is 3.12. The Hall–Kier alpha value is -2.04. The molecule has 1 N–H and O–H groups in total. The monoisotopic (exact) mass is 366 g/mol. The second-order valence-electron chi connectivity index (χ2n) is 6.21. The van der Waals surface area contributed by atoms with Crippen LogP contribution in [0.5, 0.6) is 0 Å². The molecule has 0 bridgehead atoms. The van der Waals surface area contributed by atoms with Crippen LogP contribution in [-0.2, 0) is 10.2 Å². The van der Waals surface area contributed by atoms with Crippen LogP contribution in [0.1, 0.15) is 34.8 Å². The van der Waals surface area contributed by atoms with Crippen molar-refractivity contribution >= 4 is 21.8 Å². The fraction of sp³-hybridized carbons (Fsp3) is 0.533. The van der Waals surface area contributed by atoms with E-state index >= 15 is 0 Å². The summed E-state index contributed by atoms with van der Waals surface area (Å²) in [6, 6.07) is 1.88. The van der Waals surface area contributed by atoms with Crippen LogP contribution >= 0.6 is 0 Å². The second kappa shape index (κ2) is 6.70. The minimum atomic E-state index is -3.38. The Labute approximate surface area is 146 Å². The lowest BCUT2D eigenvalue weighted by molar-refractivity contribution is 0.0964. The van der Waals surface area contributed by atoms with E-state index in [0.29, 0.717) is 37.1 Å². The van der Waals surface area contributed by atoms with Crippen LogP contribution in [0.3, 0.4) is 0 Å². The molecule has 1 saturated heterocycles. The van der Waals surface area contributed by atoms with Crippen molar-refractivity contribution in [3.63, 3.8) is 0 Å². The lowest BCUT2D eigenvalue weighted by Crippen LogP contribution is -2.44. The SMILES string of the molecule is CNC(=O)c1cnn2c(C3CCN(S(=O)(=O)N(C)C)CC3)ccnc12. The predicted octanol–water partition coefficient (Wildman–Crippen LogP) is 0.0747. The fourth-order valence-electron chi connectivity index (χ4n) is 3.13. The van der Waals surface area contributed by atoms with Crippen LogP contribution in [0, 0.1) is 0 Å². The van der Waals surface area contributed by atoms with Crippen molar-refractivity contribution in [1.29, 1.82) is 0 Å². The molecule has 0 unspecified atom stereocenters. The van der Waals surface area contributed by atoms with E-state index in [1.54, 1.807) is 17.8 Å². The van der Waals surface area contributed by atoms with Crippen molar-refractivity contribution in [2.45, 2.75) is 18.8 Å². The van der Waals surface area contributed by atoms with E-state index < -0.39 is 10.2 Å². The number of amides is 1. The minimum absolute atomic E-state index is 0.163. The van der Waals surface area contributed by atoms with Crippen LogP contribution < -0.4 is 5.32 Å². The maximum atomic E-state index is 12.2. The number of hydrogen-bond acceptors (Lipinski definition) is 5. The molecule has 0 radical (unpaired) electrons. The Morgan fingerprint density at radius 2 is 2.00 bits per heavy atom. The molecule has 1 fully saturated rings. The van der Waals surface area contributed by atoms with E-state index in [0.717, 1.165) is 5.69 Å². The van der Waals surface area contributed by atoms with Gasteiger partial charge in [0.05, 0.1) is 6.20 Å². The Kier molecular flexibility index (Phi) is 4.76. The van der Waals surface area contributed by atoms with E-state index in [9.17, 15) is 13.2 Å². The van der Waals surface area contributed by atoms with Crippen molar-refractivity contribution in [3.05, 3.63) is 29.7 Å². The number of nitrogens with one attached hydrogen (secondary N) is 1. The Morgan fingerprint density at radius 3 is 2.60 bits per heavy atom. The first-order valence-corrected chi connectivity index (χ1v) is 9.48. The molecule has 0 atom stereocenters. The van der Waals surface area contributed by atoms with Crippen LogP contribution in [0.2, 0.25) is 0 Å². The van der Waals surface area contributed by atoms with Crippen molar-refractivity contribution < 1.29 is 13.2 Å². The summed E-state index contributed by atoms with van der Waals surface area (Å²) in [5.41, 5.74) is 1.89. The summed E-state index contributed by atoms with van der Waals surface area (Å²) in [5.74, 6) is -0.0666. The predicted molar refractivity (Wildman–Crippen MR) is 92.5 cm³/mol. The first kappa shape index (κ1) is 17.8. The third-order valence-electron chi connectivity index (χ3n) is 4.56. The highest BCUT2D eigenvalue weighted by Gasteiger charge is 2.31. The van der Waals surface area contributed by atoms with Gasteiger partial charge < -0.3 is 5.32 Å². The van der Waals surface area contributed by atoms with Gasteiger partial charge in [-0.3, -0.25) is 4.79 Å². The first-order valence-electron chi connectivity index (χ1n) is 8.08. The van der Waals surface area contributed by atoms with Crippen molar-refractivity contribution in [3.8, 4) is 0 Å². The Balaban J connectivity index is 1.85. The van der Waals surface area contributed by atoms with E-state index in [1.165, 1.54) is 28.9 Å². The zero-order valence-electron chi connectivity index (χ0n) is 14.5. The van der Waals surface area contributed by atoms with Gasteiger partial charge in [0.15, 0.2) is 5.65 Å². The van der Waals surface area contributed by atoms with Gasteiger partial charge in [-0.2, -0.15) is 22.1 Å². The molecule has 10 heteroatoms. The molecule has 0 saturated carbocycles. The molecule has 0 aromatic carbocycles. The van der Waals surface area contributed by atoms with Crippen LogP contribution in [0.4, 0.5) is 0 Å². The Bertz CT molecular complexity index is 884. The molecule has 2 aromatic heterocycles. The molecule has 1 aliphatic rings. The Morgan fingerprint density at radius 1 is 1.32 bits per heavy atom. The number of aromatic nitrogens is 3. The van der Waals surface area contributed by atoms with Gasteiger partial charge >= 0.3 is 0 Å². The van der Waals surface area contributed by atoms with Gasteiger partial charge in [-0.15, -0.1) is 0 Å². The molecular formula is C15H22N6O3S. The number of rotatable bonds is 4. The normalized spacial score (nSPS) is 17.3. The van der Waals surface area contributed by atoms with Gasteiger partial charge in [0.2, 0.25) is 0 Å². The molecule has 0 spiro atoms. The second-order valence-corrected chi connectivity index (χ2v) is 8.35. The number of nitrogens with zero attached hydrogens (tertiary/aromatic N) is 5. The van der Waals surface area contributed by atoms with Gasteiger partial charge in [0.1, 0.15) is 5.56 Å². The molecule has 25 heavy (non-hydrogen) atoms. The summed E-state index contributed by atoms with van der Waals surface area (Å²) >= 11 is 0. The maximum absolute atomic E-state index is 12.2. The van der Waals surface area contributed by atoms with Crippen molar-refractivity contribution in [1.82, 2.24) is 28.5 Å². The standard InChI is InChI=1S/C15H22N6O3S/c1-16-15(22)12-10-18-21-13(4-7-17-14(12)21)11-5-8-20(9-6-11)25(23,24)19(2)3/h4,7,10-11H,5-6,8-9H2,1-3H3,(H,16,22). The number of piperidine rings is 1. The highest BCUT2D eigenvalue weighted by atomic mass is 32.2. The topological polar surface area (TPSA) is 99.9 Å². The number of hydrogen-bond donors (Lipinski definition) is 1. The van der Waals surface area contributed by atoms with Gasteiger partial charge in [0.25, 0.3) is 16.1 Å². The van der Waals surface area contributed by atoms with Crippen LogP contribution in [0.25, 0.3) is 5.65 Å². The summed E-state index contributed by atoms with van der Waals surface area (Å²) in [6.45, 7) is 0.914. The largest absolute Gasteiger partial charge is 0.355 e. The van der Waals surface area contributed by atoms with E-state index in [1.807, 2.05) is 6.07 Å². The molecule has 1 aliphatic heterocycles. The maximum Gasteiger partial charge on any atom is 0.281 e. The average molecular weight is 366 g/mol. The molecule has 136 valence electrons. The van der Waals surface area contributed by atoms with Gasteiger partial charge in [-0.05, 0) is 18.9 Å². The van der Waals surface area contributed by atoms with Crippen molar-refractivity contribution in [2.75, 3.05) is 34.2 Å². The zero-order valence-corrected chi connectivity index (χ0v) is 15.3. The van der Waals surface area contributed by atoms with E-state index in [4.69, 9.17) is 0 Å². The summed E-state index contributed by atoms with van der Waals surface area (Å²) in [6.07, 6.45) is 4.57. The summed E-state index contributed by atoms with van der Waals surface area (Å²) in [7, 11) is 1.27. The van der Waals surface area contributed by atoms with Gasteiger partial charge in [0, 0.05) is 52.0 Å². The quantitative estimate of drug-likeness (QED) is 0.826. The summed E-state index contributed by atoms with van der Waals surface area (Å²) in [4.78, 5) is 16.2. The third-order valence-corrected chi connectivity index (χ3v) is 6.50. The van der Waals surface area contributed by atoms with Gasteiger partial charge in [-0.1, -0.05) is 0 Å². The molecule has 3 heterocycles.